The van der Waals surface area contributed by atoms with E-state index in [0.717, 1.165) is 42.7 Å². The first-order valence-electron chi connectivity index (χ1n) is 11.6. The molecule has 1 aromatic carbocycles. The Balaban J connectivity index is 1.10. The number of anilines is 1. The number of amides is 2. The van der Waals surface area contributed by atoms with Crippen molar-refractivity contribution >= 4 is 17.8 Å². The Bertz CT molecular complexity index is 1020. The van der Waals surface area contributed by atoms with E-state index in [0.29, 0.717) is 32.1 Å². The molecule has 3 aliphatic rings. The van der Waals surface area contributed by atoms with Crippen LogP contribution < -0.4 is 15.4 Å². The van der Waals surface area contributed by atoms with Crippen LogP contribution in [-0.2, 0) is 14.3 Å². The number of aromatic amines is 1. The topological polar surface area (TPSA) is 115 Å². The van der Waals surface area contributed by atoms with Gasteiger partial charge in [-0.05, 0) is 38.7 Å². The van der Waals surface area contributed by atoms with Crippen LogP contribution in [0.1, 0.15) is 62.1 Å². The van der Waals surface area contributed by atoms with Gasteiger partial charge in [-0.1, -0.05) is 18.2 Å². The first-order valence-corrected chi connectivity index (χ1v) is 11.6. The second-order valence-corrected chi connectivity index (χ2v) is 9.53. The highest BCUT2D eigenvalue weighted by molar-refractivity contribution is 5.90. The number of alkyl carbamates (subject to hydrolysis) is 1. The van der Waals surface area contributed by atoms with Crippen LogP contribution in [0.15, 0.2) is 30.3 Å². The molecule has 33 heavy (non-hydrogen) atoms. The second-order valence-electron chi connectivity index (χ2n) is 9.53. The van der Waals surface area contributed by atoms with Crippen LogP contribution in [0.4, 0.5) is 10.6 Å². The number of nitrogens with zero attached hydrogens (tertiary/aromatic N) is 1. The zero-order valence-corrected chi connectivity index (χ0v) is 18.8. The van der Waals surface area contributed by atoms with Crippen molar-refractivity contribution in [2.45, 2.75) is 62.5 Å². The number of fused-ring (bicyclic) bond motifs is 1. The molecule has 0 bridgehead atoms. The van der Waals surface area contributed by atoms with E-state index in [-0.39, 0.29) is 35.5 Å². The van der Waals surface area contributed by atoms with Gasteiger partial charge < -0.3 is 24.8 Å². The summed E-state index contributed by atoms with van der Waals surface area (Å²) >= 11 is 0. The maximum atomic E-state index is 12.6. The van der Waals surface area contributed by atoms with Crippen LogP contribution in [0, 0.1) is 0 Å². The number of H-pyrrole nitrogens is 1. The Morgan fingerprint density at radius 2 is 2.18 bits per heavy atom. The van der Waals surface area contributed by atoms with E-state index < -0.39 is 0 Å². The molecule has 5 rings (SSSR count). The molecule has 4 atom stereocenters. The third-order valence-corrected chi connectivity index (χ3v) is 6.82. The predicted octanol–water partition coefficient (Wildman–Crippen LogP) is 3.46. The van der Waals surface area contributed by atoms with Crippen molar-refractivity contribution in [3.8, 4) is 5.75 Å². The maximum absolute atomic E-state index is 12.6. The van der Waals surface area contributed by atoms with Gasteiger partial charge in [-0.25, -0.2) is 4.79 Å². The number of carbonyl (C=O) groups is 2. The van der Waals surface area contributed by atoms with E-state index >= 15 is 0 Å². The van der Waals surface area contributed by atoms with Gasteiger partial charge in [0.1, 0.15) is 11.9 Å². The van der Waals surface area contributed by atoms with Crippen LogP contribution in [0.3, 0.4) is 0 Å². The maximum Gasteiger partial charge on any atom is 0.407 e. The monoisotopic (exact) mass is 454 g/mol. The number of rotatable bonds is 6. The minimum absolute atomic E-state index is 0.0524. The summed E-state index contributed by atoms with van der Waals surface area (Å²) in [4.78, 5) is 24.8. The Morgan fingerprint density at radius 3 is 3.03 bits per heavy atom. The Hall–Kier alpha value is -3.07. The van der Waals surface area contributed by atoms with Crippen molar-refractivity contribution in [1.82, 2.24) is 15.5 Å². The summed E-state index contributed by atoms with van der Waals surface area (Å²) in [6.07, 6.45) is 3.04. The molecule has 3 heterocycles. The molecule has 176 valence electrons. The highest BCUT2D eigenvalue weighted by Gasteiger charge is 2.35. The van der Waals surface area contributed by atoms with Crippen LogP contribution in [-0.4, -0.2) is 53.7 Å². The zero-order chi connectivity index (χ0) is 22.8. The zero-order valence-electron chi connectivity index (χ0n) is 18.8. The van der Waals surface area contributed by atoms with Gasteiger partial charge in [0.15, 0.2) is 5.82 Å². The van der Waals surface area contributed by atoms with E-state index in [1.807, 2.05) is 37.3 Å². The van der Waals surface area contributed by atoms with Crippen molar-refractivity contribution in [2.75, 3.05) is 25.1 Å². The molecule has 2 aromatic rings. The predicted molar refractivity (Wildman–Crippen MR) is 120 cm³/mol. The minimum Gasteiger partial charge on any atom is -0.493 e. The van der Waals surface area contributed by atoms with Gasteiger partial charge >= 0.3 is 6.09 Å². The number of hydrogen-bond acceptors (Lipinski definition) is 6. The molecule has 0 radical (unpaired) electrons. The number of carbonyl (C=O) groups excluding carboxylic acids is 2. The second kappa shape index (κ2) is 9.05. The number of para-hydroxylation sites is 1. The summed E-state index contributed by atoms with van der Waals surface area (Å²) < 4.78 is 16.7. The fraction of sp³-hybridized carbons (Fsp3) is 0.542. The molecule has 1 aromatic heterocycles. The minimum atomic E-state index is -0.385. The number of hydrogen-bond donors (Lipinski definition) is 3. The van der Waals surface area contributed by atoms with Crippen molar-refractivity contribution < 1.29 is 23.8 Å². The van der Waals surface area contributed by atoms with Gasteiger partial charge in [-0.3, -0.25) is 9.89 Å². The van der Waals surface area contributed by atoms with Gasteiger partial charge in [0.25, 0.3) is 0 Å². The molecule has 2 fully saturated rings. The van der Waals surface area contributed by atoms with E-state index in [4.69, 9.17) is 14.2 Å². The van der Waals surface area contributed by atoms with Crippen molar-refractivity contribution in [3.63, 3.8) is 0 Å². The lowest BCUT2D eigenvalue weighted by Crippen LogP contribution is -2.47. The summed E-state index contributed by atoms with van der Waals surface area (Å²) in [5, 5.41) is 13.1. The number of benzene rings is 1. The van der Waals surface area contributed by atoms with E-state index in [1.165, 1.54) is 0 Å². The molecule has 3 unspecified atom stereocenters. The standard InChI is InChI=1S/C24H30N4O5/c1-24(8-9-31-14-24)26-23(30)33-17-7-6-15(10-17)19-12-21(28-27-19)25-22(29)11-16-13-32-20-5-3-2-4-18(16)20/h2-5,12,15-17H,6-11,13-14H2,1H3,(H,26,30)(H2,25,27,28,29)/t15-,16?,17?,24?/m0/s1. The smallest absolute Gasteiger partial charge is 0.407 e. The lowest BCUT2D eigenvalue weighted by atomic mass is 9.97. The van der Waals surface area contributed by atoms with E-state index in [1.54, 1.807) is 0 Å². The summed E-state index contributed by atoms with van der Waals surface area (Å²) in [6, 6.07) is 9.71. The summed E-state index contributed by atoms with van der Waals surface area (Å²) in [5.74, 6) is 1.54. The highest BCUT2D eigenvalue weighted by atomic mass is 16.6. The van der Waals surface area contributed by atoms with Gasteiger partial charge in [0.05, 0.1) is 18.8 Å². The Kier molecular flexibility index (Phi) is 5.97. The van der Waals surface area contributed by atoms with E-state index in [2.05, 4.69) is 20.8 Å². The largest absolute Gasteiger partial charge is 0.493 e. The van der Waals surface area contributed by atoms with Crippen molar-refractivity contribution in [3.05, 3.63) is 41.6 Å². The molecule has 9 heteroatoms. The van der Waals surface area contributed by atoms with Crippen molar-refractivity contribution in [1.29, 1.82) is 0 Å². The van der Waals surface area contributed by atoms with Gasteiger partial charge in [0, 0.05) is 42.2 Å². The van der Waals surface area contributed by atoms with Gasteiger partial charge in [-0.2, -0.15) is 5.10 Å². The van der Waals surface area contributed by atoms with Crippen LogP contribution >= 0.6 is 0 Å². The first-order chi connectivity index (χ1) is 16.0. The van der Waals surface area contributed by atoms with Crippen molar-refractivity contribution in [2.24, 2.45) is 0 Å². The molecular formula is C24H30N4O5. The van der Waals surface area contributed by atoms with Crippen LogP contribution in [0.5, 0.6) is 5.75 Å². The average Bonchev–Trinajstić information content (AvgIpc) is 3.57. The lowest BCUT2D eigenvalue weighted by Gasteiger charge is -2.24. The van der Waals surface area contributed by atoms with Gasteiger partial charge in [0.2, 0.25) is 5.91 Å². The molecule has 0 spiro atoms. The fourth-order valence-electron chi connectivity index (χ4n) is 4.95. The fourth-order valence-corrected chi connectivity index (χ4v) is 4.95. The number of nitrogens with one attached hydrogen (secondary N) is 3. The Labute approximate surface area is 192 Å². The van der Waals surface area contributed by atoms with Gasteiger partial charge in [-0.15, -0.1) is 0 Å². The normalized spacial score (nSPS) is 28.2. The summed E-state index contributed by atoms with van der Waals surface area (Å²) in [6.45, 7) is 3.65. The molecule has 2 aliphatic heterocycles. The summed E-state index contributed by atoms with van der Waals surface area (Å²) in [7, 11) is 0. The number of aromatic nitrogens is 2. The summed E-state index contributed by atoms with van der Waals surface area (Å²) in [5.41, 5.74) is 1.67. The molecule has 1 aliphatic carbocycles. The third-order valence-electron chi connectivity index (χ3n) is 6.82. The Morgan fingerprint density at radius 1 is 1.30 bits per heavy atom. The van der Waals surface area contributed by atoms with E-state index in [9.17, 15) is 9.59 Å². The number of ether oxygens (including phenoxy) is 3. The average molecular weight is 455 g/mol. The SMILES string of the molecule is CC1(NC(=O)OC2CC[C@H](c3cc(NC(=O)CC4COc5ccccc54)n[nH]3)C2)CCOC1. The molecule has 2 amide bonds. The van der Waals surface area contributed by atoms with Crippen LogP contribution in [0.2, 0.25) is 0 Å². The molecule has 1 saturated heterocycles. The highest BCUT2D eigenvalue weighted by Crippen LogP contribution is 2.37. The van der Waals surface area contributed by atoms with Crippen LogP contribution in [0.25, 0.3) is 0 Å². The quantitative estimate of drug-likeness (QED) is 0.616. The lowest BCUT2D eigenvalue weighted by molar-refractivity contribution is -0.116. The molecule has 1 saturated carbocycles. The molecule has 3 N–H and O–H groups in total. The third kappa shape index (κ3) is 4.98. The molecule has 9 nitrogen and oxygen atoms in total. The first kappa shape index (κ1) is 21.8. The molecular weight excluding hydrogens is 424 g/mol.